The molecule has 0 unspecified atom stereocenters. The van der Waals surface area contributed by atoms with Gasteiger partial charge in [0.15, 0.2) is 0 Å². The van der Waals surface area contributed by atoms with Gasteiger partial charge in [0.25, 0.3) is 0 Å². The van der Waals surface area contributed by atoms with Crippen molar-refractivity contribution in [1.82, 2.24) is 9.97 Å². The van der Waals surface area contributed by atoms with E-state index < -0.39 is 0 Å². The SMILES string of the molecule is Cc1nc(N)c(C)c(Nc2ccc(C(C)C)cc2)n1. The fourth-order valence-corrected chi connectivity index (χ4v) is 1.86. The Labute approximate surface area is 114 Å². The minimum absolute atomic E-state index is 0.522. The van der Waals surface area contributed by atoms with E-state index in [2.05, 4.69) is 53.4 Å². The molecule has 100 valence electrons. The highest BCUT2D eigenvalue weighted by atomic mass is 15.1. The summed E-state index contributed by atoms with van der Waals surface area (Å²) < 4.78 is 0. The first kappa shape index (κ1) is 13.3. The van der Waals surface area contributed by atoms with Crippen LogP contribution >= 0.6 is 0 Å². The Bertz CT molecular complexity index is 573. The maximum absolute atomic E-state index is 5.85. The first-order chi connectivity index (χ1) is 8.97. The van der Waals surface area contributed by atoms with Gasteiger partial charge in [-0.1, -0.05) is 26.0 Å². The van der Waals surface area contributed by atoms with Crippen LogP contribution in [-0.2, 0) is 0 Å². The van der Waals surface area contributed by atoms with E-state index in [9.17, 15) is 0 Å². The number of nitrogen functional groups attached to an aromatic ring is 1. The second-order valence-electron chi connectivity index (χ2n) is 5.03. The zero-order valence-corrected chi connectivity index (χ0v) is 11.9. The van der Waals surface area contributed by atoms with Crippen molar-refractivity contribution in [3.05, 3.63) is 41.2 Å². The van der Waals surface area contributed by atoms with E-state index >= 15 is 0 Å². The number of anilines is 3. The first-order valence-corrected chi connectivity index (χ1v) is 6.45. The van der Waals surface area contributed by atoms with Gasteiger partial charge < -0.3 is 11.1 Å². The lowest BCUT2D eigenvalue weighted by Crippen LogP contribution is -2.04. The molecule has 0 saturated heterocycles. The number of hydrogen-bond acceptors (Lipinski definition) is 4. The Morgan fingerprint density at radius 3 is 2.26 bits per heavy atom. The zero-order chi connectivity index (χ0) is 14.0. The highest BCUT2D eigenvalue weighted by Gasteiger charge is 2.07. The van der Waals surface area contributed by atoms with Crippen LogP contribution in [0.5, 0.6) is 0 Å². The number of aromatic nitrogens is 2. The number of hydrogen-bond donors (Lipinski definition) is 2. The van der Waals surface area contributed by atoms with Gasteiger partial charge >= 0.3 is 0 Å². The summed E-state index contributed by atoms with van der Waals surface area (Å²) in [7, 11) is 0. The van der Waals surface area contributed by atoms with Gasteiger partial charge in [0.2, 0.25) is 0 Å². The molecule has 0 bridgehead atoms. The molecule has 3 N–H and O–H groups in total. The predicted molar refractivity (Wildman–Crippen MR) is 79.7 cm³/mol. The Hall–Kier alpha value is -2.10. The van der Waals surface area contributed by atoms with Gasteiger partial charge in [-0.05, 0) is 37.5 Å². The highest BCUT2D eigenvalue weighted by Crippen LogP contribution is 2.23. The molecule has 1 aromatic heterocycles. The molecule has 0 spiro atoms. The van der Waals surface area contributed by atoms with Crippen molar-refractivity contribution in [3.63, 3.8) is 0 Å². The summed E-state index contributed by atoms with van der Waals surface area (Å²) >= 11 is 0. The zero-order valence-electron chi connectivity index (χ0n) is 11.9. The van der Waals surface area contributed by atoms with Crippen LogP contribution < -0.4 is 11.1 Å². The fraction of sp³-hybridized carbons (Fsp3) is 0.333. The van der Waals surface area contributed by atoms with Crippen molar-refractivity contribution in [2.24, 2.45) is 0 Å². The fourth-order valence-electron chi connectivity index (χ4n) is 1.86. The summed E-state index contributed by atoms with van der Waals surface area (Å²) in [6.07, 6.45) is 0. The second kappa shape index (κ2) is 5.26. The average molecular weight is 256 g/mol. The molecule has 1 aromatic carbocycles. The number of nitrogens with two attached hydrogens (primary N) is 1. The molecular formula is C15H20N4. The molecule has 0 amide bonds. The minimum Gasteiger partial charge on any atom is -0.383 e. The molecule has 0 aliphatic carbocycles. The van der Waals surface area contributed by atoms with Crippen molar-refractivity contribution in [1.29, 1.82) is 0 Å². The number of nitrogens with zero attached hydrogens (tertiary/aromatic N) is 2. The summed E-state index contributed by atoms with van der Waals surface area (Å²) in [6.45, 7) is 8.12. The Balaban J connectivity index is 2.26. The van der Waals surface area contributed by atoms with Crippen LogP contribution in [-0.4, -0.2) is 9.97 Å². The Morgan fingerprint density at radius 1 is 1.05 bits per heavy atom. The van der Waals surface area contributed by atoms with Gasteiger partial charge in [-0.25, -0.2) is 9.97 Å². The van der Waals surface area contributed by atoms with Crippen LogP contribution in [0, 0.1) is 13.8 Å². The number of aryl methyl sites for hydroxylation is 1. The summed E-state index contributed by atoms with van der Waals surface area (Å²) in [5.41, 5.74) is 9.05. The van der Waals surface area contributed by atoms with Crippen LogP contribution in [0.1, 0.15) is 36.7 Å². The number of benzene rings is 1. The lowest BCUT2D eigenvalue weighted by Gasteiger charge is -2.12. The maximum Gasteiger partial charge on any atom is 0.139 e. The van der Waals surface area contributed by atoms with Gasteiger partial charge in [0, 0.05) is 11.3 Å². The van der Waals surface area contributed by atoms with Gasteiger partial charge in [-0.3, -0.25) is 0 Å². The molecule has 0 aliphatic rings. The summed E-state index contributed by atoms with van der Waals surface area (Å²) in [4.78, 5) is 8.52. The standard InChI is InChI=1S/C15H20N4/c1-9(2)12-5-7-13(8-6-12)19-15-10(3)14(16)17-11(4)18-15/h5-9H,1-4H3,(H3,16,17,18,19). The van der Waals surface area contributed by atoms with Crippen molar-refractivity contribution in [2.45, 2.75) is 33.6 Å². The topological polar surface area (TPSA) is 63.8 Å². The normalized spacial score (nSPS) is 10.8. The third-order valence-electron chi connectivity index (χ3n) is 3.14. The Morgan fingerprint density at radius 2 is 1.68 bits per heavy atom. The summed E-state index contributed by atoms with van der Waals surface area (Å²) in [5, 5.41) is 3.29. The van der Waals surface area contributed by atoms with Crippen molar-refractivity contribution >= 4 is 17.3 Å². The molecule has 4 heteroatoms. The van der Waals surface area contributed by atoms with E-state index in [0.29, 0.717) is 17.6 Å². The molecule has 0 fully saturated rings. The van der Waals surface area contributed by atoms with Gasteiger partial charge in [-0.15, -0.1) is 0 Å². The third kappa shape index (κ3) is 3.02. The summed E-state index contributed by atoms with van der Waals surface area (Å²) in [5.74, 6) is 2.49. The van der Waals surface area contributed by atoms with Crippen molar-refractivity contribution in [3.8, 4) is 0 Å². The van der Waals surface area contributed by atoms with Crippen molar-refractivity contribution < 1.29 is 0 Å². The van der Waals surface area contributed by atoms with E-state index in [1.54, 1.807) is 0 Å². The third-order valence-corrected chi connectivity index (χ3v) is 3.14. The molecule has 19 heavy (non-hydrogen) atoms. The smallest absolute Gasteiger partial charge is 0.139 e. The van der Waals surface area contributed by atoms with E-state index in [0.717, 1.165) is 17.1 Å². The monoisotopic (exact) mass is 256 g/mol. The second-order valence-corrected chi connectivity index (χ2v) is 5.03. The number of nitrogens with one attached hydrogen (secondary N) is 1. The van der Waals surface area contributed by atoms with Gasteiger partial charge in [0.1, 0.15) is 17.5 Å². The van der Waals surface area contributed by atoms with Crippen LogP contribution in [0.4, 0.5) is 17.3 Å². The quantitative estimate of drug-likeness (QED) is 0.881. The highest BCUT2D eigenvalue weighted by molar-refractivity contribution is 5.63. The van der Waals surface area contributed by atoms with Gasteiger partial charge in [-0.2, -0.15) is 0 Å². The lowest BCUT2D eigenvalue weighted by molar-refractivity contribution is 0.867. The molecule has 0 aliphatic heterocycles. The summed E-state index contributed by atoms with van der Waals surface area (Å²) in [6, 6.07) is 8.37. The molecule has 0 radical (unpaired) electrons. The van der Waals surface area contributed by atoms with E-state index in [1.165, 1.54) is 5.56 Å². The van der Waals surface area contributed by atoms with Crippen molar-refractivity contribution in [2.75, 3.05) is 11.1 Å². The number of rotatable bonds is 3. The molecule has 4 nitrogen and oxygen atoms in total. The molecule has 2 rings (SSSR count). The Kier molecular flexibility index (Phi) is 3.69. The van der Waals surface area contributed by atoms with Gasteiger partial charge in [0.05, 0.1) is 0 Å². The maximum atomic E-state index is 5.85. The van der Waals surface area contributed by atoms with E-state index in [1.807, 2.05) is 13.8 Å². The van der Waals surface area contributed by atoms with Crippen LogP contribution in [0.25, 0.3) is 0 Å². The minimum atomic E-state index is 0.522. The van der Waals surface area contributed by atoms with Crippen LogP contribution in [0.15, 0.2) is 24.3 Å². The predicted octanol–water partition coefficient (Wildman–Crippen LogP) is 3.54. The molecule has 2 aromatic rings. The van der Waals surface area contributed by atoms with E-state index in [-0.39, 0.29) is 0 Å². The molecule has 0 atom stereocenters. The van der Waals surface area contributed by atoms with E-state index in [4.69, 9.17) is 5.73 Å². The first-order valence-electron chi connectivity index (χ1n) is 6.45. The molecule has 1 heterocycles. The molecule has 0 saturated carbocycles. The molecular weight excluding hydrogens is 236 g/mol. The van der Waals surface area contributed by atoms with Crippen LogP contribution in [0.2, 0.25) is 0 Å². The average Bonchev–Trinajstić information content (AvgIpc) is 2.36. The lowest BCUT2D eigenvalue weighted by atomic mass is 10.0. The van der Waals surface area contributed by atoms with Crippen LogP contribution in [0.3, 0.4) is 0 Å². The largest absolute Gasteiger partial charge is 0.383 e.